The van der Waals surface area contributed by atoms with Gasteiger partial charge in [-0.2, -0.15) is 0 Å². The lowest BCUT2D eigenvalue weighted by Gasteiger charge is -2.16. The first-order chi connectivity index (χ1) is 22.8. The molecule has 5 heteroatoms. The van der Waals surface area contributed by atoms with Crippen LogP contribution in [0.5, 0.6) is 0 Å². The van der Waals surface area contributed by atoms with Crippen molar-refractivity contribution in [3.8, 4) is 11.1 Å². The van der Waals surface area contributed by atoms with Crippen LogP contribution < -0.4 is 0 Å². The van der Waals surface area contributed by atoms with Gasteiger partial charge >= 0.3 is 0 Å². The summed E-state index contributed by atoms with van der Waals surface area (Å²) in [7, 11) is 0. The number of benzene rings is 2. The highest BCUT2D eigenvalue weighted by molar-refractivity contribution is 5.63. The van der Waals surface area contributed by atoms with Gasteiger partial charge in [-0.3, -0.25) is 0 Å². The van der Waals surface area contributed by atoms with Gasteiger partial charge < -0.3 is 14.2 Å². The van der Waals surface area contributed by atoms with Gasteiger partial charge in [0.25, 0.3) is 6.29 Å². The van der Waals surface area contributed by atoms with Gasteiger partial charge in [0.1, 0.15) is 6.26 Å². The highest BCUT2D eigenvalue weighted by Crippen LogP contribution is 2.35. The van der Waals surface area contributed by atoms with Crippen molar-refractivity contribution in [2.45, 2.75) is 129 Å². The summed E-state index contributed by atoms with van der Waals surface area (Å²) in [4.78, 5) is 9.24. The first-order valence-corrected chi connectivity index (χ1v) is 18.4. The van der Waals surface area contributed by atoms with E-state index >= 15 is 0 Å². The summed E-state index contributed by atoms with van der Waals surface area (Å²) in [6.07, 6.45) is 28.3. The second-order valence-electron chi connectivity index (χ2n) is 13.3. The topological polar surface area (TPSA) is 53.5 Å². The third kappa shape index (κ3) is 11.6. The van der Waals surface area contributed by atoms with Crippen LogP contribution in [0.25, 0.3) is 16.9 Å². The number of ether oxygens (including phenoxy) is 3. The van der Waals surface area contributed by atoms with E-state index in [-0.39, 0.29) is 0 Å². The minimum atomic E-state index is -0.453. The van der Waals surface area contributed by atoms with Crippen LogP contribution in [0.2, 0.25) is 0 Å². The van der Waals surface area contributed by atoms with Gasteiger partial charge in [-0.1, -0.05) is 133 Å². The van der Waals surface area contributed by atoms with Crippen molar-refractivity contribution in [3.63, 3.8) is 0 Å². The molecule has 46 heavy (non-hydrogen) atoms. The van der Waals surface area contributed by atoms with Crippen molar-refractivity contribution in [2.75, 3.05) is 13.2 Å². The Kier molecular flexibility index (Phi) is 14.5. The minimum Gasteiger partial charge on any atom is -0.454 e. The molecule has 248 valence electrons. The van der Waals surface area contributed by atoms with Crippen LogP contribution in [0.15, 0.2) is 67.2 Å². The zero-order chi connectivity index (χ0) is 31.7. The molecule has 5 nitrogen and oxygen atoms in total. The number of unbranched alkanes of at least 4 members (excludes halogenated alkanes) is 10. The number of hydrogen-bond donors (Lipinski definition) is 0. The normalized spacial score (nSPS) is 15.8. The summed E-state index contributed by atoms with van der Waals surface area (Å²) < 4.78 is 18.0. The zero-order valence-electron chi connectivity index (χ0n) is 28.3. The summed E-state index contributed by atoms with van der Waals surface area (Å²) in [5.74, 6) is 2.20. The highest BCUT2D eigenvalue weighted by Gasteiger charge is 2.26. The van der Waals surface area contributed by atoms with Crippen molar-refractivity contribution in [1.82, 2.24) is 9.97 Å². The molecule has 0 saturated heterocycles. The van der Waals surface area contributed by atoms with E-state index in [1.54, 1.807) is 6.26 Å². The van der Waals surface area contributed by atoms with Gasteiger partial charge in [0, 0.05) is 36.7 Å². The number of aromatic nitrogens is 2. The van der Waals surface area contributed by atoms with Gasteiger partial charge in [0.05, 0.1) is 0 Å². The molecule has 1 aliphatic heterocycles. The van der Waals surface area contributed by atoms with Crippen LogP contribution in [0.1, 0.15) is 138 Å². The van der Waals surface area contributed by atoms with E-state index in [1.165, 1.54) is 101 Å². The maximum Gasteiger partial charge on any atom is 0.267 e. The molecule has 1 saturated carbocycles. The van der Waals surface area contributed by atoms with Crippen molar-refractivity contribution < 1.29 is 14.2 Å². The second-order valence-corrected chi connectivity index (χ2v) is 13.3. The largest absolute Gasteiger partial charge is 0.454 e. The Morgan fingerprint density at radius 3 is 2.13 bits per heavy atom. The number of nitrogens with zero attached hydrogens (tertiary/aromatic N) is 2. The van der Waals surface area contributed by atoms with Crippen LogP contribution in [-0.4, -0.2) is 23.2 Å². The molecule has 2 heterocycles. The summed E-state index contributed by atoms with van der Waals surface area (Å²) in [5.41, 5.74) is 5.86. The molecule has 1 atom stereocenters. The lowest BCUT2D eigenvalue weighted by atomic mass is 9.99. The number of aryl methyl sites for hydroxylation is 2. The van der Waals surface area contributed by atoms with Gasteiger partial charge in [0.15, 0.2) is 5.82 Å². The molecule has 2 aliphatic rings. The van der Waals surface area contributed by atoms with Gasteiger partial charge in [-0.15, -0.1) is 0 Å². The molecule has 0 radical (unpaired) electrons. The zero-order valence-corrected chi connectivity index (χ0v) is 28.3. The lowest BCUT2D eigenvalue weighted by Crippen LogP contribution is -2.04. The first-order valence-electron chi connectivity index (χ1n) is 18.4. The van der Waals surface area contributed by atoms with E-state index in [2.05, 4.69) is 65.4 Å². The predicted molar refractivity (Wildman–Crippen MR) is 188 cm³/mol. The Hall–Kier alpha value is -3.18. The van der Waals surface area contributed by atoms with Crippen LogP contribution in [0, 0.1) is 5.92 Å². The lowest BCUT2D eigenvalue weighted by molar-refractivity contribution is -0.0181. The van der Waals surface area contributed by atoms with Gasteiger partial charge in [-0.25, -0.2) is 9.97 Å². The minimum absolute atomic E-state index is 0.453. The Bertz CT molecular complexity index is 1300. The van der Waals surface area contributed by atoms with Crippen LogP contribution in [0.4, 0.5) is 0 Å². The summed E-state index contributed by atoms with van der Waals surface area (Å²) >= 11 is 0. The fourth-order valence-electron chi connectivity index (χ4n) is 6.30. The van der Waals surface area contributed by atoms with E-state index in [0.29, 0.717) is 11.6 Å². The SMILES string of the molecule is CCCCCCOCCCCc1ccc(-c2cnc(C3=COC(c4ccccc4CCCCCCCCCC4CC4)O3)nc2)cc1. The molecule has 5 rings (SSSR count). The molecule has 1 aromatic heterocycles. The van der Waals surface area contributed by atoms with Crippen molar-refractivity contribution in [3.05, 3.63) is 89.7 Å². The molecule has 1 aliphatic carbocycles. The van der Waals surface area contributed by atoms with Gasteiger partial charge in [-0.05, 0) is 61.1 Å². The van der Waals surface area contributed by atoms with Crippen LogP contribution in [-0.2, 0) is 27.1 Å². The second kappa shape index (κ2) is 19.5. The van der Waals surface area contributed by atoms with Crippen LogP contribution in [0.3, 0.4) is 0 Å². The van der Waals surface area contributed by atoms with Crippen molar-refractivity contribution in [2.24, 2.45) is 5.92 Å². The maximum absolute atomic E-state index is 6.23. The van der Waals surface area contributed by atoms with E-state index in [0.717, 1.165) is 61.5 Å². The van der Waals surface area contributed by atoms with E-state index in [9.17, 15) is 0 Å². The Labute approximate surface area is 278 Å². The summed E-state index contributed by atoms with van der Waals surface area (Å²) in [6.45, 7) is 4.01. The van der Waals surface area contributed by atoms with Crippen LogP contribution >= 0.6 is 0 Å². The standard InChI is InChI=1S/C41H56N2O3/c1-2-3-4-15-28-44-29-16-14-18-34-24-26-35(27-25-34)37-30-42-40(43-31-37)39-32-45-41(46-39)38-21-13-12-20-36(38)19-11-9-7-5-6-8-10-17-33-22-23-33/h12-13,20-21,24-27,30-33,41H,2-11,14-19,22-23,28-29H2,1H3. The van der Waals surface area contributed by atoms with Crippen molar-refractivity contribution >= 4 is 5.76 Å². The quantitative estimate of drug-likeness (QED) is 0.0983. The number of rotatable bonds is 23. The molecule has 0 spiro atoms. The smallest absolute Gasteiger partial charge is 0.267 e. The molecule has 2 aromatic carbocycles. The maximum atomic E-state index is 6.23. The molecule has 1 unspecified atom stereocenters. The molecule has 1 fully saturated rings. The van der Waals surface area contributed by atoms with E-state index in [4.69, 9.17) is 14.2 Å². The number of hydrogen-bond acceptors (Lipinski definition) is 5. The first kappa shape index (κ1) is 34.2. The monoisotopic (exact) mass is 624 g/mol. The summed E-state index contributed by atoms with van der Waals surface area (Å²) in [6, 6.07) is 17.3. The van der Waals surface area contributed by atoms with E-state index in [1.807, 2.05) is 12.4 Å². The summed E-state index contributed by atoms with van der Waals surface area (Å²) in [5, 5.41) is 0. The molecular weight excluding hydrogens is 568 g/mol. The molecular formula is C41H56N2O3. The average Bonchev–Trinajstić information content (AvgIpc) is 3.80. The fraction of sp³-hybridized carbons (Fsp3) is 0.561. The Morgan fingerprint density at radius 2 is 1.37 bits per heavy atom. The molecule has 0 amide bonds. The Morgan fingerprint density at radius 1 is 0.696 bits per heavy atom. The van der Waals surface area contributed by atoms with Gasteiger partial charge in [0.2, 0.25) is 5.76 Å². The Balaban J connectivity index is 1.00. The predicted octanol–water partition coefficient (Wildman–Crippen LogP) is 11.2. The molecule has 0 bridgehead atoms. The third-order valence-electron chi connectivity index (χ3n) is 9.40. The molecule has 3 aromatic rings. The highest BCUT2D eigenvalue weighted by atomic mass is 16.7. The molecule has 0 N–H and O–H groups in total. The average molecular weight is 625 g/mol. The third-order valence-corrected chi connectivity index (χ3v) is 9.40. The van der Waals surface area contributed by atoms with E-state index < -0.39 is 6.29 Å². The fourth-order valence-corrected chi connectivity index (χ4v) is 6.30. The van der Waals surface area contributed by atoms with Crippen molar-refractivity contribution in [1.29, 1.82) is 0 Å².